The van der Waals surface area contributed by atoms with Crippen molar-refractivity contribution >= 4 is 23.2 Å². The summed E-state index contributed by atoms with van der Waals surface area (Å²) in [7, 11) is 0. The van der Waals surface area contributed by atoms with Gasteiger partial charge < -0.3 is 10.1 Å². The van der Waals surface area contributed by atoms with E-state index in [-0.39, 0.29) is 0 Å². The van der Waals surface area contributed by atoms with E-state index in [1.165, 1.54) is 0 Å². The molecule has 0 saturated heterocycles. The molecule has 0 aliphatic heterocycles. The standard InChI is InChI=1S/C16H18Cl2N2O/c1-3-6-19-10-12-7-11(2)20-16(8-12)21-15-5-4-13(17)9-14(15)18/h4-5,7-9,19H,3,6,10H2,1-2H3. The lowest BCUT2D eigenvalue weighted by Gasteiger charge is -2.10. The molecule has 3 nitrogen and oxygen atoms in total. The highest BCUT2D eigenvalue weighted by Gasteiger charge is 2.07. The SMILES string of the molecule is CCCNCc1cc(C)nc(Oc2ccc(Cl)cc2Cl)c1. The lowest BCUT2D eigenvalue weighted by atomic mass is 10.2. The third-order valence-corrected chi connectivity index (χ3v) is 3.38. The molecule has 0 aliphatic rings. The first kappa shape index (κ1) is 16.1. The molecule has 0 spiro atoms. The minimum Gasteiger partial charge on any atom is -0.437 e. The van der Waals surface area contributed by atoms with Crippen LogP contribution in [0.2, 0.25) is 10.0 Å². The maximum atomic E-state index is 6.11. The Hall–Kier alpha value is -1.29. The van der Waals surface area contributed by atoms with Crippen LogP contribution in [0.4, 0.5) is 0 Å². The number of hydrogen-bond acceptors (Lipinski definition) is 3. The predicted molar refractivity (Wildman–Crippen MR) is 87.5 cm³/mol. The third kappa shape index (κ3) is 4.88. The van der Waals surface area contributed by atoms with E-state index in [1.54, 1.807) is 18.2 Å². The van der Waals surface area contributed by atoms with Gasteiger partial charge in [-0.15, -0.1) is 0 Å². The molecule has 0 unspecified atom stereocenters. The summed E-state index contributed by atoms with van der Waals surface area (Å²) in [4.78, 5) is 4.38. The van der Waals surface area contributed by atoms with Crippen molar-refractivity contribution in [2.75, 3.05) is 6.54 Å². The van der Waals surface area contributed by atoms with Crippen molar-refractivity contribution in [3.8, 4) is 11.6 Å². The molecule has 1 aromatic heterocycles. The highest BCUT2D eigenvalue weighted by atomic mass is 35.5. The average Bonchev–Trinajstić information content (AvgIpc) is 2.42. The number of aromatic nitrogens is 1. The summed E-state index contributed by atoms with van der Waals surface area (Å²) in [5.74, 6) is 1.08. The van der Waals surface area contributed by atoms with Crippen molar-refractivity contribution in [3.05, 3.63) is 51.6 Å². The molecule has 112 valence electrons. The Morgan fingerprint density at radius 2 is 2.00 bits per heavy atom. The molecule has 1 N–H and O–H groups in total. The van der Waals surface area contributed by atoms with E-state index < -0.39 is 0 Å². The fraction of sp³-hybridized carbons (Fsp3) is 0.312. The molecule has 0 bridgehead atoms. The van der Waals surface area contributed by atoms with Crippen molar-refractivity contribution in [1.82, 2.24) is 10.3 Å². The van der Waals surface area contributed by atoms with Crippen LogP contribution < -0.4 is 10.1 Å². The van der Waals surface area contributed by atoms with Gasteiger partial charge >= 0.3 is 0 Å². The number of halogens is 2. The lowest BCUT2D eigenvalue weighted by Crippen LogP contribution is -2.14. The van der Waals surface area contributed by atoms with Gasteiger partial charge in [0.05, 0.1) is 5.02 Å². The van der Waals surface area contributed by atoms with Gasteiger partial charge in [-0.25, -0.2) is 4.98 Å². The monoisotopic (exact) mass is 324 g/mol. The zero-order valence-corrected chi connectivity index (χ0v) is 13.6. The Morgan fingerprint density at radius 1 is 1.19 bits per heavy atom. The molecule has 2 rings (SSSR count). The molecule has 0 fully saturated rings. The molecule has 2 aromatic rings. The van der Waals surface area contributed by atoms with Crippen molar-refractivity contribution in [2.45, 2.75) is 26.8 Å². The first-order valence-electron chi connectivity index (χ1n) is 6.89. The Bertz CT molecular complexity index is 617. The Morgan fingerprint density at radius 3 is 2.71 bits per heavy atom. The van der Waals surface area contributed by atoms with E-state index in [0.717, 1.165) is 30.8 Å². The van der Waals surface area contributed by atoms with E-state index in [9.17, 15) is 0 Å². The molecular weight excluding hydrogens is 307 g/mol. The summed E-state index contributed by atoms with van der Waals surface area (Å²) < 4.78 is 5.76. The summed E-state index contributed by atoms with van der Waals surface area (Å²) in [5.41, 5.74) is 2.04. The van der Waals surface area contributed by atoms with Crippen LogP contribution in [0.5, 0.6) is 11.6 Å². The van der Waals surface area contributed by atoms with E-state index in [1.807, 2.05) is 19.1 Å². The maximum Gasteiger partial charge on any atom is 0.219 e. The minimum absolute atomic E-state index is 0.469. The van der Waals surface area contributed by atoms with Crippen molar-refractivity contribution in [3.63, 3.8) is 0 Å². The topological polar surface area (TPSA) is 34.2 Å². The first-order valence-corrected chi connectivity index (χ1v) is 7.65. The summed E-state index contributed by atoms with van der Waals surface area (Å²) in [6.45, 7) is 5.87. The second kappa shape index (κ2) is 7.64. The zero-order valence-electron chi connectivity index (χ0n) is 12.1. The molecule has 0 amide bonds. The summed E-state index contributed by atoms with van der Waals surface area (Å²) in [5, 5.41) is 4.41. The number of benzene rings is 1. The van der Waals surface area contributed by atoms with Gasteiger partial charge in [0.1, 0.15) is 5.75 Å². The Balaban J connectivity index is 2.15. The summed E-state index contributed by atoms with van der Waals surface area (Å²) in [6.07, 6.45) is 1.10. The molecule has 21 heavy (non-hydrogen) atoms. The number of nitrogens with zero attached hydrogens (tertiary/aromatic N) is 1. The predicted octanol–water partition coefficient (Wildman–Crippen LogP) is 4.99. The molecule has 5 heteroatoms. The van der Waals surface area contributed by atoms with Gasteiger partial charge in [-0.3, -0.25) is 0 Å². The van der Waals surface area contributed by atoms with Crippen molar-refractivity contribution in [2.24, 2.45) is 0 Å². The molecule has 0 saturated carbocycles. The van der Waals surface area contributed by atoms with Crippen LogP contribution in [0.15, 0.2) is 30.3 Å². The van der Waals surface area contributed by atoms with Gasteiger partial charge in [0.2, 0.25) is 5.88 Å². The van der Waals surface area contributed by atoms with Crippen LogP contribution in [0, 0.1) is 6.92 Å². The van der Waals surface area contributed by atoms with E-state index >= 15 is 0 Å². The zero-order chi connectivity index (χ0) is 15.2. The van der Waals surface area contributed by atoms with Crippen molar-refractivity contribution in [1.29, 1.82) is 0 Å². The normalized spacial score (nSPS) is 10.7. The number of rotatable bonds is 6. The number of hydrogen-bond donors (Lipinski definition) is 1. The van der Waals surface area contributed by atoms with Gasteiger partial charge in [0.25, 0.3) is 0 Å². The van der Waals surface area contributed by atoms with Crippen LogP contribution in [0.1, 0.15) is 24.6 Å². The minimum atomic E-state index is 0.469. The second-order valence-electron chi connectivity index (χ2n) is 4.81. The van der Waals surface area contributed by atoms with Gasteiger partial charge in [-0.2, -0.15) is 0 Å². The van der Waals surface area contributed by atoms with Crippen LogP contribution in [0.3, 0.4) is 0 Å². The molecular formula is C16H18Cl2N2O. The third-order valence-electron chi connectivity index (χ3n) is 2.85. The molecule has 1 heterocycles. The fourth-order valence-corrected chi connectivity index (χ4v) is 2.39. The average molecular weight is 325 g/mol. The largest absolute Gasteiger partial charge is 0.437 e. The lowest BCUT2D eigenvalue weighted by molar-refractivity contribution is 0.460. The highest BCUT2D eigenvalue weighted by Crippen LogP contribution is 2.31. The second-order valence-corrected chi connectivity index (χ2v) is 5.65. The van der Waals surface area contributed by atoms with Gasteiger partial charge in [0.15, 0.2) is 0 Å². The summed E-state index contributed by atoms with van der Waals surface area (Å²) >= 11 is 12.0. The van der Waals surface area contributed by atoms with E-state index in [4.69, 9.17) is 27.9 Å². The van der Waals surface area contributed by atoms with E-state index in [0.29, 0.717) is 21.7 Å². The highest BCUT2D eigenvalue weighted by molar-refractivity contribution is 6.35. The fourth-order valence-electron chi connectivity index (χ4n) is 1.94. The van der Waals surface area contributed by atoms with Crippen molar-refractivity contribution < 1.29 is 4.74 Å². The van der Waals surface area contributed by atoms with Gasteiger partial charge in [0, 0.05) is 23.3 Å². The number of pyridine rings is 1. The van der Waals surface area contributed by atoms with Crippen LogP contribution in [-0.4, -0.2) is 11.5 Å². The van der Waals surface area contributed by atoms with Crippen LogP contribution >= 0.6 is 23.2 Å². The Kier molecular flexibility index (Phi) is 5.85. The van der Waals surface area contributed by atoms with Crippen LogP contribution in [-0.2, 0) is 6.54 Å². The van der Waals surface area contributed by atoms with Gasteiger partial charge in [-0.05, 0) is 49.7 Å². The molecule has 0 atom stereocenters. The number of ether oxygens (including phenoxy) is 1. The smallest absolute Gasteiger partial charge is 0.219 e. The Labute approximate surface area is 135 Å². The van der Waals surface area contributed by atoms with Gasteiger partial charge in [-0.1, -0.05) is 30.1 Å². The molecule has 0 aliphatic carbocycles. The molecule has 0 radical (unpaired) electrons. The molecule has 1 aromatic carbocycles. The first-order chi connectivity index (χ1) is 10.1. The maximum absolute atomic E-state index is 6.11. The van der Waals surface area contributed by atoms with Crippen LogP contribution in [0.25, 0.3) is 0 Å². The quantitative estimate of drug-likeness (QED) is 0.760. The van der Waals surface area contributed by atoms with E-state index in [2.05, 4.69) is 17.2 Å². The summed E-state index contributed by atoms with van der Waals surface area (Å²) in [6, 6.07) is 9.09. The number of aryl methyl sites for hydroxylation is 1. The number of nitrogens with one attached hydrogen (secondary N) is 1.